The Labute approximate surface area is 213 Å². The van der Waals surface area contributed by atoms with E-state index in [0.717, 1.165) is 6.92 Å². The Morgan fingerprint density at radius 1 is 1.14 bits per heavy atom. The minimum absolute atomic E-state index is 0.0142. The number of rotatable bonds is 7. The fourth-order valence-corrected chi connectivity index (χ4v) is 4.66. The Morgan fingerprint density at radius 2 is 1.78 bits per heavy atom. The Hall–Kier alpha value is -3.70. The predicted octanol–water partition coefficient (Wildman–Crippen LogP) is 4.53. The lowest BCUT2D eigenvalue weighted by molar-refractivity contribution is -0.138. The molecule has 192 valence electrons. The van der Waals surface area contributed by atoms with Crippen LogP contribution in [-0.4, -0.2) is 39.0 Å². The van der Waals surface area contributed by atoms with Crippen molar-refractivity contribution in [1.82, 2.24) is 4.98 Å². The zero-order valence-electron chi connectivity index (χ0n) is 20.3. The van der Waals surface area contributed by atoms with E-state index in [4.69, 9.17) is 25.6 Å². The number of aromatic nitrogens is 1. The van der Waals surface area contributed by atoms with E-state index in [1.54, 1.807) is 24.3 Å². The number of benzene rings is 2. The van der Waals surface area contributed by atoms with Gasteiger partial charge in [-0.05, 0) is 54.8 Å². The number of halogens is 1. The van der Waals surface area contributed by atoms with Gasteiger partial charge in [0.1, 0.15) is 5.82 Å². The van der Waals surface area contributed by atoms with Gasteiger partial charge < -0.3 is 24.2 Å². The summed E-state index contributed by atoms with van der Waals surface area (Å²) >= 11 is 0. The van der Waals surface area contributed by atoms with E-state index in [0.29, 0.717) is 39.6 Å². The number of terminal acetylenes is 1. The molecule has 8 nitrogen and oxygen atoms in total. The second-order valence-corrected chi connectivity index (χ2v) is 10.2. The quantitative estimate of drug-likeness (QED) is 0.263. The van der Waals surface area contributed by atoms with E-state index in [1.165, 1.54) is 24.3 Å². The monoisotopic (exact) mass is 525 g/mol. The summed E-state index contributed by atoms with van der Waals surface area (Å²) in [5, 5.41) is 7.73. The van der Waals surface area contributed by atoms with Gasteiger partial charge in [0.05, 0.1) is 17.5 Å². The molecule has 1 aliphatic rings. The summed E-state index contributed by atoms with van der Waals surface area (Å²) in [6.45, 7) is 4.91. The third-order valence-corrected chi connectivity index (χ3v) is 7.52. The van der Waals surface area contributed by atoms with Crippen LogP contribution in [-0.2, 0) is 9.36 Å². The molecule has 3 atom stereocenters. The molecule has 0 aliphatic carbocycles. The molecule has 0 saturated heterocycles. The van der Waals surface area contributed by atoms with Crippen LogP contribution in [0.4, 0.5) is 4.39 Å². The fraction of sp³-hybridized carbons (Fsp3) is 0.259. The Bertz CT molecular complexity index is 1420. The fourth-order valence-electron chi connectivity index (χ4n) is 3.95. The van der Waals surface area contributed by atoms with E-state index in [1.807, 2.05) is 19.8 Å². The summed E-state index contributed by atoms with van der Waals surface area (Å²) in [4.78, 5) is 27.9. The molecule has 1 aromatic heterocycles. The third-order valence-electron chi connectivity index (χ3n) is 6.08. The van der Waals surface area contributed by atoms with Gasteiger partial charge in [-0.25, -0.2) is 14.2 Å². The molecule has 0 spiro atoms. The molecule has 0 bridgehead atoms. The van der Waals surface area contributed by atoms with Crippen molar-refractivity contribution in [2.24, 2.45) is 0 Å². The summed E-state index contributed by atoms with van der Waals surface area (Å²) in [6, 6.07) is 12.5. The van der Waals surface area contributed by atoms with Gasteiger partial charge in [0.2, 0.25) is 20.0 Å². The third kappa shape index (κ3) is 4.84. The molecule has 4 rings (SSSR count). The number of carbonyl (C=O) groups is 1. The van der Waals surface area contributed by atoms with E-state index < -0.39 is 31.1 Å². The molecule has 37 heavy (non-hydrogen) atoms. The maximum Gasteiger partial charge on any atom is 0.342 e. The molecule has 2 N–H and O–H groups in total. The van der Waals surface area contributed by atoms with Gasteiger partial charge in [-0.3, -0.25) is 4.57 Å². The second-order valence-electron chi connectivity index (χ2n) is 8.82. The minimum atomic E-state index is -3.78. The largest absolute Gasteiger partial charge is 0.454 e. The highest BCUT2D eigenvalue weighted by Gasteiger charge is 2.49. The lowest BCUT2D eigenvalue weighted by atomic mass is 9.97. The predicted molar refractivity (Wildman–Crippen MR) is 135 cm³/mol. The first-order chi connectivity index (χ1) is 17.6. The highest BCUT2D eigenvalue weighted by molar-refractivity contribution is 7.42. The number of pyridine rings is 1. The van der Waals surface area contributed by atoms with Crippen molar-refractivity contribution in [3.8, 4) is 52.0 Å². The van der Waals surface area contributed by atoms with Crippen LogP contribution in [0.15, 0.2) is 48.5 Å². The highest BCUT2D eigenvalue weighted by Crippen LogP contribution is 2.44. The van der Waals surface area contributed by atoms with Crippen molar-refractivity contribution >= 4 is 14.0 Å². The molecule has 0 radical (unpaired) electrons. The zero-order chi connectivity index (χ0) is 26.9. The number of fused-ring (bicyclic) bond motifs is 1. The second kappa shape index (κ2) is 10.3. The standard InChI is InChI=1S/C27H25FNO7P/c1-5-27(16(4)30,37(32)33)26(31)36-25-20(17-6-9-19(28)10-7-17)13-21(29-24(25)15(2)3)18-8-11-22-23(12-18)35-14-34-22/h1,6-13,15-16,30,37H,14H2,2-4H3,(H,32,33). The van der Waals surface area contributed by atoms with Crippen molar-refractivity contribution in [2.75, 3.05) is 6.79 Å². The van der Waals surface area contributed by atoms with Crippen LogP contribution in [0.5, 0.6) is 17.2 Å². The van der Waals surface area contributed by atoms with Gasteiger partial charge in [-0.2, -0.15) is 0 Å². The summed E-state index contributed by atoms with van der Waals surface area (Å²) in [5.41, 5.74) is 2.41. The van der Waals surface area contributed by atoms with Gasteiger partial charge in [0.15, 0.2) is 17.2 Å². The molecular weight excluding hydrogens is 500 g/mol. The molecule has 10 heteroatoms. The van der Waals surface area contributed by atoms with Crippen molar-refractivity contribution in [1.29, 1.82) is 0 Å². The Kier molecular flexibility index (Phi) is 7.37. The van der Waals surface area contributed by atoms with Gasteiger partial charge in [-0.15, -0.1) is 6.42 Å². The van der Waals surface area contributed by atoms with E-state index in [-0.39, 0.29) is 18.5 Å². The minimum Gasteiger partial charge on any atom is -0.454 e. The van der Waals surface area contributed by atoms with Gasteiger partial charge in [0, 0.05) is 11.1 Å². The smallest absolute Gasteiger partial charge is 0.342 e. The average molecular weight is 525 g/mol. The lowest BCUT2D eigenvalue weighted by Gasteiger charge is -2.27. The first kappa shape index (κ1) is 26.4. The molecule has 0 saturated carbocycles. The van der Waals surface area contributed by atoms with Crippen LogP contribution < -0.4 is 14.2 Å². The van der Waals surface area contributed by atoms with Crippen LogP contribution in [0.3, 0.4) is 0 Å². The maximum atomic E-state index is 13.7. The molecule has 2 aromatic carbocycles. The van der Waals surface area contributed by atoms with E-state index in [2.05, 4.69) is 0 Å². The van der Waals surface area contributed by atoms with Crippen molar-refractivity contribution in [2.45, 2.75) is 37.9 Å². The number of esters is 1. The van der Waals surface area contributed by atoms with Crippen LogP contribution in [0.2, 0.25) is 0 Å². The number of aliphatic hydroxyl groups is 1. The van der Waals surface area contributed by atoms with E-state index >= 15 is 0 Å². The number of ether oxygens (including phenoxy) is 3. The molecule has 3 aromatic rings. The van der Waals surface area contributed by atoms with Crippen LogP contribution in [0.25, 0.3) is 22.4 Å². The van der Waals surface area contributed by atoms with Crippen LogP contribution >= 0.6 is 8.03 Å². The Balaban J connectivity index is 1.93. The maximum absolute atomic E-state index is 13.7. The van der Waals surface area contributed by atoms with E-state index in [9.17, 15) is 23.7 Å². The molecule has 3 unspecified atom stereocenters. The number of carbonyl (C=O) groups excluding carboxylic acids is 1. The Morgan fingerprint density at radius 3 is 2.38 bits per heavy atom. The molecule has 0 fully saturated rings. The summed E-state index contributed by atoms with van der Waals surface area (Å²) in [5.74, 6) is 1.10. The number of hydrogen-bond acceptors (Lipinski definition) is 7. The number of aliphatic hydroxyl groups excluding tert-OH is 1. The van der Waals surface area contributed by atoms with Crippen molar-refractivity contribution < 1.29 is 38.0 Å². The lowest BCUT2D eigenvalue weighted by Crippen LogP contribution is -2.46. The molecule has 0 amide bonds. The topological polar surface area (TPSA) is 115 Å². The summed E-state index contributed by atoms with van der Waals surface area (Å²) < 4.78 is 42.5. The zero-order valence-corrected chi connectivity index (χ0v) is 21.3. The first-order valence-corrected chi connectivity index (χ1v) is 12.8. The molecule has 2 heterocycles. The normalized spacial score (nSPS) is 15.5. The number of nitrogens with zero attached hydrogens (tertiary/aromatic N) is 1. The highest BCUT2D eigenvalue weighted by atomic mass is 31.1. The SMILES string of the molecule is C#CC(C(=O)Oc1c(-c2ccc(F)cc2)cc(-c2ccc3c(c2)OCO3)nc1C(C)C)(C(C)O)[PH](=O)O. The number of hydrogen-bond donors (Lipinski definition) is 2. The molecule has 1 aliphatic heterocycles. The average Bonchev–Trinajstić information content (AvgIpc) is 3.33. The van der Waals surface area contributed by atoms with Crippen LogP contribution in [0, 0.1) is 18.2 Å². The summed E-state index contributed by atoms with van der Waals surface area (Å²) in [7, 11) is -3.78. The van der Waals surface area contributed by atoms with Crippen molar-refractivity contribution in [3.63, 3.8) is 0 Å². The van der Waals surface area contributed by atoms with Crippen molar-refractivity contribution in [3.05, 3.63) is 60.0 Å². The summed E-state index contributed by atoms with van der Waals surface area (Å²) in [6.07, 6.45) is 3.78. The first-order valence-electron chi connectivity index (χ1n) is 11.4. The van der Waals surface area contributed by atoms with Gasteiger partial charge >= 0.3 is 5.97 Å². The molecular formula is C27H25FNO7P. The van der Waals surface area contributed by atoms with Gasteiger partial charge in [-0.1, -0.05) is 31.9 Å². The van der Waals surface area contributed by atoms with Gasteiger partial charge in [0.25, 0.3) is 0 Å². The van der Waals surface area contributed by atoms with Crippen LogP contribution in [0.1, 0.15) is 32.4 Å².